The Morgan fingerprint density at radius 3 is 1.89 bits per heavy atom. The first-order valence-corrected chi connectivity index (χ1v) is 12.8. The Kier molecular flexibility index (Phi) is 7.39. The second-order valence-electron chi connectivity index (χ2n) is 9.90. The molecular formula is C30H32F2O6. The molecule has 0 bridgehead atoms. The van der Waals surface area contributed by atoms with Gasteiger partial charge in [-0.15, -0.1) is 0 Å². The highest BCUT2D eigenvalue weighted by atomic mass is 19.3. The van der Waals surface area contributed by atoms with Crippen LogP contribution in [0.3, 0.4) is 0 Å². The summed E-state index contributed by atoms with van der Waals surface area (Å²) in [5.41, 5.74) is 0.550. The maximum Gasteiger partial charge on any atom is 0.329 e. The van der Waals surface area contributed by atoms with Gasteiger partial charge < -0.3 is 24.4 Å². The Balaban J connectivity index is 1.61. The lowest BCUT2D eigenvalue weighted by atomic mass is 9.78. The Morgan fingerprint density at radius 1 is 0.789 bits per heavy atom. The fourth-order valence-electron chi connectivity index (χ4n) is 5.42. The van der Waals surface area contributed by atoms with Gasteiger partial charge in [0.1, 0.15) is 6.10 Å². The van der Waals surface area contributed by atoms with Gasteiger partial charge >= 0.3 is 11.9 Å². The monoisotopic (exact) mass is 526 g/mol. The average Bonchev–Trinajstić information content (AvgIpc) is 2.92. The summed E-state index contributed by atoms with van der Waals surface area (Å²) in [5.74, 6) is -10.1. The molecule has 0 amide bonds. The molecular weight excluding hydrogens is 494 g/mol. The van der Waals surface area contributed by atoms with E-state index in [0.29, 0.717) is 6.42 Å². The summed E-state index contributed by atoms with van der Waals surface area (Å²) in [6.07, 6.45) is -2.82. The Labute approximate surface area is 220 Å². The van der Waals surface area contributed by atoms with Gasteiger partial charge in [0.15, 0.2) is 0 Å². The first-order chi connectivity index (χ1) is 18.2. The fraction of sp³-hybridized carbons (Fsp3) is 0.400. The van der Waals surface area contributed by atoms with E-state index in [4.69, 9.17) is 18.9 Å². The van der Waals surface area contributed by atoms with Crippen molar-refractivity contribution in [3.8, 4) is 0 Å². The van der Waals surface area contributed by atoms with E-state index in [2.05, 4.69) is 0 Å². The van der Waals surface area contributed by atoms with Crippen LogP contribution in [-0.4, -0.2) is 34.3 Å². The van der Waals surface area contributed by atoms with Crippen LogP contribution in [0.4, 0.5) is 8.78 Å². The van der Waals surface area contributed by atoms with Crippen LogP contribution in [0.15, 0.2) is 84.9 Å². The van der Waals surface area contributed by atoms with Crippen molar-refractivity contribution >= 4 is 0 Å². The van der Waals surface area contributed by atoms with E-state index < -0.39 is 47.1 Å². The highest BCUT2D eigenvalue weighted by Gasteiger charge is 2.74. The van der Waals surface area contributed by atoms with Crippen molar-refractivity contribution in [1.29, 1.82) is 0 Å². The molecule has 0 radical (unpaired) electrons. The third-order valence-electron chi connectivity index (χ3n) is 7.41. The number of alkyl halides is 2. The lowest BCUT2D eigenvalue weighted by Gasteiger charge is -2.57. The Morgan fingerprint density at radius 2 is 1.32 bits per heavy atom. The minimum Gasteiger partial charge on any atom is -0.370 e. The molecule has 3 aromatic rings. The summed E-state index contributed by atoms with van der Waals surface area (Å²) in [6.45, 7) is 3.76. The van der Waals surface area contributed by atoms with E-state index in [1.807, 2.05) is 74.5 Å². The van der Waals surface area contributed by atoms with E-state index in [9.17, 15) is 10.2 Å². The van der Waals surface area contributed by atoms with Crippen molar-refractivity contribution in [2.75, 3.05) is 0 Å². The maximum atomic E-state index is 16.6. The van der Waals surface area contributed by atoms with Gasteiger partial charge in [0.2, 0.25) is 0 Å². The maximum absolute atomic E-state index is 16.6. The van der Waals surface area contributed by atoms with Gasteiger partial charge in [-0.25, -0.2) is 0 Å². The Bertz CT molecular complexity index is 1220. The summed E-state index contributed by atoms with van der Waals surface area (Å²) >= 11 is 0. The van der Waals surface area contributed by atoms with Gasteiger partial charge in [-0.1, -0.05) is 98.8 Å². The number of fused-ring (bicyclic) bond motifs is 1. The zero-order valence-corrected chi connectivity index (χ0v) is 21.3. The fourth-order valence-corrected chi connectivity index (χ4v) is 5.42. The van der Waals surface area contributed by atoms with Crippen LogP contribution >= 0.6 is 0 Å². The van der Waals surface area contributed by atoms with E-state index in [1.54, 1.807) is 0 Å². The number of halogens is 2. The van der Waals surface area contributed by atoms with Crippen LogP contribution in [0.25, 0.3) is 0 Å². The average molecular weight is 527 g/mol. The largest absolute Gasteiger partial charge is 0.370 e. The van der Waals surface area contributed by atoms with Gasteiger partial charge in [0, 0.05) is 11.5 Å². The summed E-state index contributed by atoms with van der Waals surface area (Å²) in [7, 11) is 0. The minimum atomic E-state index is -3.82. The van der Waals surface area contributed by atoms with Gasteiger partial charge in [0.25, 0.3) is 5.79 Å². The van der Waals surface area contributed by atoms with Crippen LogP contribution < -0.4 is 0 Å². The van der Waals surface area contributed by atoms with Crippen LogP contribution in [0.1, 0.15) is 42.5 Å². The van der Waals surface area contributed by atoms with Crippen LogP contribution in [-0.2, 0) is 44.1 Å². The molecule has 0 aromatic heterocycles. The molecule has 6 nitrogen and oxygen atoms in total. The first kappa shape index (κ1) is 26.9. The molecule has 202 valence electrons. The zero-order valence-electron chi connectivity index (χ0n) is 21.3. The van der Waals surface area contributed by atoms with Crippen LogP contribution in [0.5, 0.6) is 0 Å². The molecule has 2 heterocycles. The molecule has 1 fully saturated rings. The van der Waals surface area contributed by atoms with Crippen molar-refractivity contribution < 1.29 is 37.9 Å². The zero-order chi connectivity index (χ0) is 27.0. The number of benzene rings is 3. The van der Waals surface area contributed by atoms with Gasteiger partial charge in [-0.05, 0) is 17.5 Å². The lowest BCUT2D eigenvalue weighted by molar-refractivity contribution is -0.523. The summed E-state index contributed by atoms with van der Waals surface area (Å²) in [4.78, 5) is 0. The highest BCUT2D eigenvalue weighted by molar-refractivity contribution is 5.38. The van der Waals surface area contributed by atoms with Gasteiger partial charge in [0.05, 0.1) is 31.0 Å². The molecule has 1 spiro atoms. The van der Waals surface area contributed by atoms with E-state index in [-0.39, 0.29) is 19.1 Å². The molecule has 0 saturated carbocycles. The molecule has 3 aromatic carbocycles. The third-order valence-corrected chi connectivity index (χ3v) is 7.41. The molecule has 5 atom stereocenters. The molecule has 0 unspecified atom stereocenters. The minimum absolute atomic E-state index is 0.0454. The van der Waals surface area contributed by atoms with Crippen molar-refractivity contribution in [3.05, 3.63) is 107 Å². The van der Waals surface area contributed by atoms with E-state index in [0.717, 1.165) is 17.2 Å². The Hall–Kier alpha value is -2.72. The summed E-state index contributed by atoms with van der Waals surface area (Å²) in [5, 5.41) is 21.8. The normalized spacial score (nSPS) is 29.6. The molecule has 2 N–H and O–H groups in total. The van der Waals surface area contributed by atoms with E-state index in [1.165, 1.54) is 18.2 Å². The second kappa shape index (κ2) is 10.4. The second-order valence-corrected chi connectivity index (χ2v) is 9.90. The smallest absolute Gasteiger partial charge is 0.329 e. The molecule has 1 saturated heterocycles. The topological polar surface area (TPSA) is 77.4 Å². The highest BCUT2D eigenvalue weighted by Crippen LogP contribution is 2.57. The van der Waals surface area contributed by atoms with Crippen molar-refractivity contribution in [3.63, 3.8) is 0 Å². The first-order valence-electron chi connectivity index (χ1n) is 12.8. The quantitative estimate of drug-likeness (QED) is 0.412. The van der Waals surface area contributed by atoms with E-state index >= 15 is 8.78 Å². The van der Waals surface area contributed by atoms with Crippen LogP contribution in [0.2, 0.25) is 0 Å². The predicted molar refractivity (Wildman–Crippen MR) is 135 cm³/mol. The number of hydrogen-bond acceptors (Lipinski definition) is 6. The molecule has 2 aliphatic heterocycles. The number of hydrogen-bond donors (Lipinski definition) is 2. The molecule has 38 heavy (non-hydrogen) atoms. The number of aliphatic hydroxyl groups is 2. The molecule has 2 aliphatic rings. The standard InChI is InChI=1S/C30H32F2O6/c1-3-25-20(2)26(35-18-21-12-6-4-7-13-21)27(36-19-22-14-8-5-9-15-22)29(37-25)28(31,32)23-16-10-11-17-24(23)30(33,34)38-29/h4-17,20,25-27,33-34H,3,18-19H2,1-2H3/t20-,25-,26+,27-,29+/m1/s1. The van der Waals surface area contributed by atoms with Gasteiger partial charge in [-0.3, -0.25) is 4.74 Å². The molecule has 5 rings (SSSR count). The number of rotatable bonds is 7. The predicted octanol–water partition coefficient (Wildman–Crippen LogP) is 5.22. The van der Waals surface area contributed by atoms with Crippen molar-refractivity contribution in [1.82, 2.24) is 0 Å². The van der Waals surface area contributed by atoms with Gasteiger partial charge in [-0.2, -0.15) is 8.78 Å². The summed E-state index contributed by atoms with van der Waals surface area (Å²) < 4.78 is 57.4. The number of ether oxygens (including phenoxy) is 4. The molecule has 0 aliphatic carbocycles. The van der Waals surface area contributed by atoms with Crippen molar-refractivity contribution in [2.45, 2.75) is 69.5 Å². The van der Waals surface area contributed by atoms with Crippen LogP contribution in [0, 0.1) is 5.92 Å². The summed E-state index contributed by atoms with van der Waals surface area (Å²) in [6, 6.07) is 23.7. The third kappa shape index (κ3) is 4.66. The van der Waals surface area contributed by atoms with Crippen molar-refractivity contribution in [2.24, 2.45) is 5.92 Å². The lowest BCUT2D eigenvalue weighted by Crippen LogP contribution is -2.73. The molecule has 8 heteroatoms. The SMILES string of the molecule is CC[C@H]1O[C@]2(OC(O)(O)c3ccccc3C2(F)F)[C@H](OCc2ccccc2)[C@@H](OCc2ccccc2)[C@@H]1C.